The zero-order valence-corrected chi connectivity index (χ0v) is 18.1. The van der Waals surface area contributed by atoms with E-state index in [1.165, 1.54) is 10.8 Å². The van der Waals surface area contributed by atoms with Crippen LogP contribution in [0.2, 0.25) is 10.3 Å². The van der Waals surface area contributed by atoms with Crippen LogP contribution in [0.3, 0.4) is 0 Å². The summed E-state index contributed by atoms with van der Waals surface area (Å²) in [6.45, 7) is 3.22. The number of aromatic nitrogens is 1. The van der Waals surface area contributed by atoms with E-state index in [0.29, 0.717) is 24.7 Å². The average Bonchev–Trinajstić information content (AvgIpc) is 2.73. The van der Waals surface area contributed by atoms with Gasteiger partial charge in [-0.25, -0.2) is 9.78 Å². The molecular weight excluding hydrogens is 419 g/mol. The van der Waals surface area contributed by atoms with Gasteiger partial charge in [0.15, 0.2) is 0 Å². The maximum atomic E-state index is 13.2. The molecule has 7 heteroatoms. The zero-order chi connectivity index (χ0) is 20.9. The molecule has 0 unspecified atom stereocenters. The van der Waals surface area contributed by atoms with Crippen molar-refractivity contribution < 1.29 is 4.79 Å². The minimum Gasteiger partial charge on any atom is -0.320 e. The number of carbonyl (C=O) groups excluding carboxylic acids is 1. The number of piperidine rings is 1. The number of amides is 2. The SMILES string of the molecule is O=C(Nc1cc(Cl)nc(Cl)c1)N(Cc1ccc2ccccc2c1)CC1CCNCC1. The summed E-state index contributed by atoms with van der Waals surface area (Å²) in [6.07, 6.45) is 2.13. The van der Waals surface area contributed by atoms with E-state index >= 15 is 0 Å². The van der Waals surface area contributed by atoms with Gasteiger partial charge in [-0.15, -0.1) is 0 Å². The van der Waals surface area contributed by atoms with Crippen molar-refractivity contribution in [2.75, 3.05) is 25.0 Å². The predicted molar refractivity (Wildman–Crippen MR) is 123 cm³/mol. The van der Waals surface area contributed by atoms with Gasteiger partial charge in [-0.1, -0.05) is 59.6 Å². The van der Waals surface area contributed by atoms with Gasteiger partial charge in [0, 0.05) is 18.8 Å². The molecular formula is C23H24Cl2N4O. The molecule has 3 aromatic rings. The number of rotatable bonds is 5. The van der Waals surface area contributed by atoms with Crippen molar-refractivity contribution in [1.29, 1.82) is 0 Å². The number of urea groups is 1. The lowest BCUT2D eigenvalue weighted by molar-refractivity contribution is 0.189. The first-order valence-electron chi connectivity index (χ1n) is 10.1. The van der Waals surface area contributed by atoms with Crippen LogP contribution in [0.1, 0.15) is 18.4 Å². The van der Waals surface area contributed by atoms with E-state index in [9.17, 15) is 4.79 Å². The lowest BCUT2D eigenvalue weighted by Gasteiger charge is -2.30. The summed E-state index contributed by atoms with van der Waals surface area (Å²) in [7, 11) is 0. The number of pyridine rings is 1. The molecule has 156 valence electrons. The van der Waals surface area contributed by atoms with Crippen molar-refractivity contribution in [2.24, 2.45) is 5.92 Å². The Kier molecular flexibility index (Phi) is 6.72. The van der Waals surface area contributed by atoms with Crippen molar-refractivity contribution >= 4 is 45.7 Å². The van der Waals surface area contributed by atoms with Crippen LogP contribution in [0, 0.1) is 5.92 Å². The number of anilines is 1. The van der Waals surface area contributed by atoms with Gasteiger partial charge in [0.2, 0.25) is 0 Å². The number of fused-ring (bicyclic) bond motifs is 1. The van der Waals surface area contributed by atoms with Gasteiger partial charge in [0.25, 0.3) is 0 Å². The van der Waals surface area contributed by atoms with E-state index in [1.807, 2.05) is 17.0 Å². The highest BCUT2D eigenvalue weighted by molar-refractivity contribution is 6.32. The van der Waals surface area contributed by atoms with Crippen LogP contribution in [0.25, 0.3) is 10.8 Å². The van der Waals surface area contributed by atoms with Gasteiger partial charge in [-0.05, 0) is 66.4 Å². The minimum atomic E-state index is -0.167. The van der Waals surface area contributed by atoms with E-state index < -0.39 is 0 Å². The Labute approximate surface area is 186 Å². The molecule has 0 aliphatic carbocycles. The summed E-state index contributed by atoms with van der Waals surface area (Å²) in [5, 5.41) is 9.17. The molecule has 2 amide bonds. The Balaban J connectivity index is 1.54. The Morgan fingerprint density at radius 1 is 1.03 bits per heavy atom. The first-order chi connectivity index (χ1) is 14.6. The number of hydrogen-bond acceptors (Lipinski definition) is 3. The van der Waals surface area contributed by atoms with Gasteiger partial charge in [0.1, 0.15) is 10.3 Å². The second-order valence-corrected chi connectivity index (χ2v) is 8.46. The monoisotopic (exact) mass is 442 g/mol. The number of nitrogens with zero attached hydrogens (tertiary/aromatic N) is 2. The third-order valence-corrected chi connectivity index (χ3v) is 5.81. The molecule has 1 aliphatic rings. The molecule has 2 N–H and O–H groups in total. The van der Waals surface area contributed by atoms with Crippen LogP contribution < -0.4 is 10.6 Å². The third-order valence-electron chi connectivity index (χ3n) is 5.43. The lowest BCUT2D eigenvalue weighted by Crippen LogP contribution is -2.41. The number of halogens is 2. The summed E-state index contributed by atoms with van der Waals surface area (Å²) in [5.74, 6) is 0.474. The van der Waals surface area contributed by atoms with Crippen molar-refractivity contribution in [1.82, 2.24) is 15.2 Å². The number of nitrogens with one attached hydrogen (secondary N) is 2. The zero-order valence-electron chi connectivity index (χ0n) is 16.6. The predicted octanol–water partition coefficient (Wildman–Crippen LogP) is 5.58. The third kappa shape index (κ3) is 5.42. The molecule has 1 aliphatic heterocycles. The molecule has 0 spiro atoms. The molecule has 30 heavy (non-hydrogen) atoms. The normalized spacial score (nSPS) is 14.6. The summed E-state index contributed by atoms with van der Waals surface area (Å²) in [5.41, 5.74) is 1.64. The van der Waals surface area contributed by atoms with Gasteiger partial charge in [-0.2, -0.15) is 0 Å². The number of carbonyl (C=O) groups is 1. The molecule has 2 heterocycles. The standard InChI is InChI=1S/C23H24Cl2N4O/c24-21-12-20(13-22(25)28-21)27-23(30)29(14-16-7-9-26-10-8-16)15-17-5-6-18-3-1-2-4-19(18)11-17/h1-6,11-13,16,26H,7-10,14-15H2,(H,27,28,30). The van der Waals surface area contributed by atoms with Crippen LogP contribution in [0.5, 0.6) is 0 Å². The summed E-state index contributed by atoms with van der Waals surface area (Å²) in [4.78, 5) is 19.0. The Bertz CT molecular complexity index is 1020. The minimum absolute atomic E-state index is 0.167. The van der Waals surface area contributed by atoms with E-state index in [2.05, 4.69) is 45.9 Å². The van der Waals surface area contributed by atoms with Crippen molar-refractivity contribution in [3.63, 3.8) is 0 Å². The van der Waals surface area contributed by atoms with Gasteiger partial charge < -0.3 is 15.5 Å². The van der Waals surface area contributed by atoms with Crippen LogP contribution in [-0.2, 0) is 6.54 Å². The second-order valence-electron chi connectivity index (χ2n) is 7.69. The number of hydrogen-bond donors (Lipinski definition) is 2. The highest BCUT2D eigenvalue weighted by Gasteiger charge is 2.21. The molecule has 1 aromatic heterocycles. The summed E-state index contributed by atoms with van der Waals surface area (Å²) >= 11 is 12.0. The topological polar surface area (TPSA) is 57.3 Å². The molecule has 0 bridgehead atoms. The lowest BCUT2D eigenvalue weighted by atomic mass is 9.97. The van der Waals surface area contributed by atoms with Crippen LogP contribution in [0.4, 0.5) is 10.5 Å². The molecule has 5 nitrogen and oxygen atoms in total. The van der Waals surface area contributed by atoms with E-state index in [0.717, 1.165) is 31.5 Å². The molecule has 1 saturated heterocycles. The van der Waals surface area contributed by atoms with E-state index in [4.69, 9.17) is 23.2 Å². The van der Waals surface area contributed by atoms with Crippen LogP contribution in [0.15, 0.2) is 54.6 Å². The van der Waals surface area contributed by atoms with Crippen LogP contribution >= 0.6 is 23.2 Å². The molecule has 0 saturated carbocycles. The Morgan fingerprint density at radius 2 is 1.73 bits per heavy atom. The quantitative estimate of drug-likeness (QED) is 0.507. The fraction of sp³-hybridized carbons (Fsp3) is 0.304. The average molecular weight is 443 g/mol. The first kappa shape index (κ1) is 20.9. The highest BCUT2D eigenvalue weighted by atomic mass is 35.5. The molecule has 4 rings (SSSR count). The van der Waals surface area contributed by atoms with Gasteiger partial charge in [-0.3, -0.25) is 0 Å². The molecule has 2 aromatic carbocycles. The van der Waals surface area contributed by atoms with Crippen molar-refractivity contribution in [3.05, 3.63) is 70.5 Å². The smallest absolute Gasteiger partial charge is 0.320 e. The fourth-order valence-corrected chi connectivity index (χ4v) is 4.35. The Hall–Kier alpha value is -2.34. The maximum Gasteiger partial charge on any atom is 0.322 e. The molecule has 1 fully saturated rings. The largest absolute Gasteiger partial charge is 0.322 e. The van der Waals surface area contributed by atoms with Gasteiger partial charge >= 0.3 is 6.03 Å². The van der Waals surface area contributed by atoms with Gasteiger partial charge in [0.05, 0.1) is 0 Å². The van der Waals surface area contributed by atoms with E-state index in [-0.39, 0.29) is 16.3 Å². The summed E-state index contributed by atoms with van der Waals surface area (Å²) < 4.78 is 0. The van der Waals surface area contributed by atoms with Crippen molar-refractivity contribution in [3.8, 4) is 0 Å². The number of benzene rings is 2. The first-order valence-corrected chi connectivity index (χ1v) is 10.9. The Morgan fingerprint density at radius 3 is 2.47 bits per heavy atom. The second kappa shape index (κ2) is 9.65. The fourth-order valence-electron chi connectivity index (χ4n) is 3.89. The van der Waals surface area contributed by atoms with E-state index in [1.54, 1.807) is 12.1 Å². The van der Waals surface area contributed by atoms with Crippen molar-refractivity contribution in [2.45, 2.75) is 19.4 Å². The maximum absolute atomic E-state index is 13.2. The molecule has 0 radical (unpaired) electrons. The molecule has 0 atom stereocenters. The summed E-state index contributed by atoms with van der Waals surface area (Å²) in [6, 6.07) is 17.6. The highest BCUT2D eigenvalue weighted by Crippen LogP contribution is 2.22. The van der Waals surface area contributed by atoms with Crippen LogP contribution in [-0.4, -0.2) is 35.5 Å².